The standard InChI is InChI=1S/C26H27N5O4.C2HF3O2/c1-15(2)35-20-8-22-30-21(26-12-25(4,13-26)34-14-26)10-31(22)9-18(20)28-23(32)19-11-33-24(29-19)17-5-6-27-16(3)7-17;3-2(4,5)1(6)7/h5-11,15H,12-14H2,1-4H3,(H,28,32);(H,6,7). The number of ether oxygens (including phenoxy) is 2. The van der Waals surface area contributed by atoms with E-state index in [2.05, 4.69) is 22.2 Å². The van der Waals surface area contributed by atoms with Crippen molar-refractivity contribution >= 4 is 23.2 Å². The van der Waals surface area contributed by atoms with Crippen LogP contribution < -0.4 is 10.1 Å². The Bertz CT molecular complexity index is 1660. The maximum absolute atomic E-state index is 13.1. The van der Waals surface area contributed by atoms with Crippen molar-refractivity contribution in [3.8, 4) is 17.2 Å². The molecule has 222 valence electrons. The molecule has 3 aliphatic rings. The highest BCUT2D eigenvalue weighted by Crippen LogP contribution is 2.58. The molecule has 0 unspecified atom stereocenters. The minimum absolute atomic E-state index is 0.0216. The number of carboxylic acid groups (broad SMARTS) is 1. The lowest BCUT2D eigenvalue weighted by Gasteiger charge is -2.41. The van der Waals surface area contributed by atoms with Gasteiger partial charge in [0.15, 0.2) is 5.69 Å². The van der Waals surface area contributed by atoms with E-state index in [9.17, 15) is 18.0 Å². The number of rotatable bonds is 6. The molecule has 0 radical (unpaired) electrons. The number of aromatic nitrogens is 4. The van der Waals surface area contributed by atoms with Crippen LogP contribution in [0.25, 0.3) is 17.1 Å². The highest BCUT2D eigenvalue weighted by Gasteiger charge is 2.61. The first kappa shape index (κ1) is 29.0. The van der Waals surface area contributed by atoms with Crippen LogP contribution in [-0.4, -0.2) is 60.8 Å². The molecule has 2 bridgehead atoms. The lowest BCUT2D eigenvalue weighted by Crippen LogP contribution is -2.45. The van der Waals surface area contributed by atoms with Gasteiger partial charge in [-0.1, -0.05) is 0 Å². The second-order valence-electron chi connectivity index (χ2n) is 11.0. The molecule has 4 aromatic rings. The number of alkyl halides is 3. The molecule has 0 spiro atoms. The summed E-state index contributed by atoms with van der Waals surface area (Å²) in [5.74, 6) is -2.24. The number of nitrogens with one attached hydrogen (secondary N) is 1. The van der Waals surface area contributed by atoms with Crippen LogP contribution in [-0.2, 0) is 14.9 Å². The van der Waals surface area contributed by atoms with Crippen LogP contribution in [0.4, 0.5) is 18.9 Å². The van der Waals surface area contributed by atoms with E-state index >= 15 is 0 Å². The molecule has 1 amide bonds. The maximum atomic E-state index is 13.1. The molecule has 11 nitrogen and oxygen atoms in total. The zero-order valence-electron chi connectivity index (χ0n) is 23.2. The van der Waals surface area contributed by atoms with Crippen LogP contribution in [0.15, 0.2) is 47.5 Å². The Morgan fingerprint density at radius 1 is 1.19 bits per heavy atom. The molecule has 6 heterocycles. The molecule has 2 saturated heterocycles. The van der Waals surface area contributed by atoms with Crippen LogP contribution in [0, 0.1) is 6.92 Å². The van der Waals surface area contributed by atoms with Crippen LogP contribution in [0.5, 0.6) is 5.75 Å². The fourth-order valence-electron chi connectivity index (χ4n) is 5.24. The van der Waals surface area contributed by atoms with Gasteiger partial charge in [-0.05, 0) is 52.7 Å². The average molecular weight is 588 g/mol. The highest BCUT2D eigenvalue weighted by molar-refractivity contribution is 6.03. The van der Waals surface area contributed by atoms with Gasteiger partial charge in [-0.3, -0.25) is 9.78 Å². The summed E-state index contributed by atoms with van der Waals surface area (Å²) in [6.07, 6.45) is 3.69. The molecule has 0 atom stereocenters. The van der Waals surface area contributed by atoms with Gasteiger partial charge < -0.3 is 28.7 Å². The number of oxazole rings is 1. The van der Waals surface area contributed by atoms with Crippen LogP contribution in [0.1, 0.15) is 55.5 Å². The second-order valence-corrected chi connectivity index (χ2v) is 11.0. The molecule has 2 aliphatic heterocycles. The number of fused-ring (bicyclic) bond motifs is 2. The zero-order chi connectivity index (χ0) is 30.4. The minimum Gasteiger partial charge on any atom is -0.489 e. The van der Waals surface area contributed by atoms with E-state index in [0.717, 1.165) is 35.4 Å². The number of hydrogen-bond donors (Lipinski definition) is 2. The van der Waals surface area contributed by atoms with Crippen molar-refractivity contribution in [2.75, 3.05) is 11.9 Å². The normalized spacial score (nSPS) is 21.0. The Kier molecular flexibility index (Phi) is 7.21. The number of imidazole rings is 1. The van der Waals surface area contributed by atoms with Gasteiger partial charge in [-0.25, -0.2) is 14.8 Å². The fraction of sp³-hybridized carbons (Fsp3) is 0.393. The summed E-state index contributed by atoms with van der Waals surface area (Å²) in [4.78, 5) is 35.4. The topological polar surface area (TPSA) is 141 Å². The number of aryl methyl sites for hydroxylation is 1. The number of amides is 1. The lowest BCUT2D eigenvalue weighted by atomic mass is 9.62. The van der Waals surface area contributed by atoms with Gasteiger partial charge in [0.1, 0.15) is 23.3 Å². The molecular formula is C28H28F3N5O6. The van der Waals surface area contributed by atoms with E-state index in [-0.39, 0.29) is 22.8 Å². The highest BCUT2D eigenvalue weighted by atomic mass is 19.4. The van der Waals surface area contributed by atoms with Gasteiger partial charge in [0.2, 0.25) is 5.89 Å². The maximum Gasteiger partial charge on any atom is 0.490 e. The summed E-state index contributed by atoms with van der Waals surface area (Å²) in [6, 6.07) is 5.50. The quantitative estimate of drug-likeness (QED) is 0.312. The zero-order valence-corrected chi connectivity index (χ0v) is 23.2. The first-order valence-electron chi connectivity index (χ1n) is 13.0. The molecule has 1 saturated carbocycles. The first-order valence-corrected chi connectivity index (χ1v) is 13.0. The minimum atomic E-state index is -5.08. The number of pyridine rings is 2. The third-order valence-corrected chi connectivity index (χ3v) is 6.95. The summed E-state index contributed by atoms with van der Waals surface area (Å²) < 4.78 is 51.2. The van der Waals surface area contributed by atoms with Crippen molar-refractivity contribution in [1.29, 1.82) is 0 Å². The lowest BCUT2D eigenvalue weighted by molar-refractivity contribution is -0.192. The number of halogens is 3. The molecule has 1 aliphatic carbocycles. The van der Waals surface area contributed by atoms with Crippen molar-refractivity contribution in [1.82, 2.24) is 19.4 Å². The molecule has 3 fully saturated rings. The van der Waals surface area contributed by atoms with Crippen molar-refractivity contribution in [2.45, 2.75) is 63.8 Å². The number of carboxylic acids is 1. The number of carbonyl (C=O) groups is 2. The predicted octanol–water partition coefficient (Wildman–Crippen LogP) is 5.19. The van der Waals surface area contributed by atoms with E-state index < -0.39 is 18.1 Å². The van der Waals surface area contributed by atoms with Crippen LogP contribution in [0.2, 0.25) is 0 Å². The van der Waals surface area contributed by atoms with E-state index in [1.54, 1.807) is 12.3 Å². The van der Waals surface area contributed by atoms with Crippen molar-refractivity contribution < 1.29 is 41.8 Å². The van der Waals surface area contributed by atoms with Crippen LogP contribution >= 0.6 is 0 Å². The molecule has 14 heteroatoms. The summed E-state index contributed by atoms with van der Waals surface area (Å²) in [5, 5.41) is 10.1. The van der Waals surface area contributed by atoms with Gasteiger partial charge in [-0.2, -0.15) is 13.2 Å². The van der Waals surface area contributed by atoms with Gasteiger partial charge >= 0.3 is 12.1 Å². The monoisotopic (exact) mass is 587 g/mol. The van der Waals surface area contributed by atoms with Crippen molar-refractivity contribution in [2.24, 2.45) is 0 Å². The molecule has 4 aromatic heterocycles. The number of nitrogens with zero attached hydrogens (tertiary/aromatic N) is 4. The van der Waals surface area contributed by atoms with Crippen molar-refractivity contribution in [3.63, 3.8) is 0 Å². The van der Waals surface area contributed by atoms with E-state index in [1.165, 1.54) is 6.26 Å². The van der Waals surface area contributed by atoms with E-state index in [1.807, 2.05) is 49.7 Å². The Balaban J connectivity index is 0.000000451. The fourth-order valence-corrected chi connectivity index (χ4v) is 5.24. The molecular weight excluding hydrogens is 559 g/mol. The molecule has 42 heavy (non-hydrogen) atoms. The second kappa shape index (κ2) is 10.4. The van der Waals surface area contributed by atoms with E-state index in [4.69, 9.17) is 28.8 Å². The number of anilines is 1. The predicted molar refractivity (Wildman–Crippen MR) is 142 cm³/mol. The molecule has 2 N–H and O–H groups in total. The third kappa shape index (κ3) is 5.79. The SMILES string of the molecule is Cc1cc(-c2nc(C(=O)Nc3cn4cc(C56COC(C)(C5)C6)nc4cc3OC(C)C)co2)ccn1.O=C(O)C(F)(F)F. The number of carbonyl (C=O) groups excluding carboxylic acids is 1. The van der Waals surface area contributed by atoms with Crippen molar-refractivity contribution in [3.05, 3.63) is 60.1 Å². The Hall–Kier alpha value is -4.46. The molecule has 0 aromatic carbocycles. The largest absolute Gasteiger partial charge is 0.490 e. The van der Waals surface area contributed by atoms with Gasteiger partial charge in [-0.15, -0.1) is 0 Å². The van der Waals surface area contributed by atoms with Gasteiger partial charge in [0.05, 0.1) is 24.0 Å². The Morgan fingerprint density at radius 2 is 1.90 bits per heavy atom. The first-order chi connectivity index (χ1) is 19.7. The summed E-state index contributed by atoms with van der Waals surface area (Å²) in [6.45, 7) is 8.62. The molecule has 7 rings (SSSR count). The smallest absolute Gasteiger partial charge is 0.489 e. The van der Waals surface area contributed by atoms with Gasteiger partial charge in [0.25, 0.3) is 5.91 Å². The summed E-state index contributed by atoms with van der Waals surface area (Å²) in [7, 11) is 0. The van der Waals surface area contributed by atoms with Gasteiger partial charge in [0, 0.05) is 41.3 Å². The third-order valence-electron chi connectivity index (χ3n) is 6.95. The van der Waals surface area contributed by atoms with E-state index in [0.29, 0.717) is 23.9 Å². The van der Waals surface area contributed by atoms with Crippen LogP contribution in [0.3, 0.4) is 0 Å². The average Bonchev–Trinajstić information content (AvgIpc) is 3.65. The Morgan fingerprint density at radius 3 is 2.50 bits per heavy atom. The number of aliphatic carboxylic acids is 1. The summed E-state index contributed by atoms with van der Waals surface area (Å²) in [5.41, 5.74) is 4.04. The Labute approximate surface area is 237 Å². The number of hydrogen-bond acceptors (Lipinski definition) is 8. The summed E-state index contributed by atoms with van der Waals surface area (Å²) >= 11 is 0.